The molecule has 6 heterocycles. The van der Waals surface area contributed by atoms with Gasteiger partial charge in [-0.05, 0) is 96.8 Å². The van der Waals surface area contributed by atoms with Gasteiger partial charge in [-0.3, -0.25) is 44.0 Å². The molecule has 7 aromatic rings. The summed E-state index contributed by atoms with van der Waals surface area (Å²) < 4.78 is 12.8. The lowest BCUT2D eigenvalue weighted by molar-refractivity contribution is -0.121. The van der Waals surface area contributed by atoms with Crippen LogP contribution in [0.5, 0.6) is 0 Å². The molecule has 8 rings (SSSR count). The number of hydrogen-bond acceptors (Lipinski definition) is 10. The number of fused-ring (bicyclic) bond motifs is 4. The largest absolute Gasteiger partial charge is 0.460 e. The van der Waals surface area contributed by atoms with Crippen molar-refractivity contribution in [3.8, 4) is 0 Å². The van der Waals surface area contributed by atoms with Crippen molar-refractivity contribution in [1.82, 2.24) is 43.6 Å². The summed E-state index contributed by atoms with van der Waals surface area (Å²) in [7, 11) is 0. The van der Waals surface area contributed by atoms with Crippen LogP contribution in [0.3, 0.4) is 0 Å². The average Bonchev–Trinajstić information content (AvgIpc) is 4.07. The molecule has 0 unspecified atom stereocenters. The number of hydrogen-bond donors (Lipinski definition) is 3. The SMILES string of the molecule is CCn1nc(C)cc1C(=O)Nc1nc2ccc(C(=O)N3CCC(C(C)=O)CC3)cc2n1C/C=C/Cn1c(NC(=O)c2cc(C)nn2CC)nc2cc(C(N)=O)c3oc(C)cc3c21. The molecule has 18 nitrogen and oxygen atoms in total. The highest BCUT2D eigenvalue weighted by atomic mass is 16.3. The first kappa shape index (κ1) is 41.4. The van der Waals surface area contributed by atoms with E-state index in [4.69, 9.17) is 20.1 Å². The highest BCUT2D eigenvalue weighted by Gasteiger charge is 2.27. The molecule has 0 radical (unpaired) electrons. The van der Waals surface area contributed by atoms with E-state index < -0.39 is 17.7 Å². The Bertz CT molecular complexity index is 2970. The number of primary amides is 1. The van der Waals surface area contributed by atoms with E-state index in [1.54, 1.807) is 70.6 Å². The Hall–Kier alpha value is -7.37. The zero-order valence-electron chi connectivity index (χ0n) is 35.5. The number of aryl methyl sites for hydroxylation is 5. The number of piperidine rings is 1. The minimum atomic E-state index is -0.680. The molecular weight excluding hydrogens is 793 g/mol. The van der Waals surface area contributed by atoms with Gasteiger partial charge >= 0.3 is 0 Å². The van der Waals surface area contributed by atoms with Crippen LogP contribution in [0.15, 0.2) is 59.0 Å². The number of Topliss-reactive ketones (excluding diaryl/α,β-unsaturated/α-hetero) is 1. The highest BCUT2D eigenvalue weighted by Crippen LogP contribution is 2.34. The Kier molecular flexibility index (Phi) is 11.1. The standard InChI is InChI=1S/C44H48N12O6/c1-7-55-35(19-24(3)50-55)40(59)48-43-46-32-12-11-29(42(61)52-17-13-28(14-18-52)27(6)57)22-34(32)53(43)15-9-10-16-54-37-30-21-26(5)62-38(30)31(39(45)58)23-33(37)47-44(54)49-41(60)36-20-25(4)51-56(36)8-2/h9-12,19-23,28H,7-8,13-18H2,1-6H3,(H2,45,58)(H,46,48,59)(H,47,49,60)/b10-9+. The first-order chi connectivity index (χ1) is 29.7. The van der Waals surface area contributed by atoms with Gasteiger partial charge in [0.25, 0.3) is 23.6 Å². The van der Waals surface area contributed by atoms with E-state index in [0.29, 0.717) is 106 Å². The van der Waals surface area contributed by atoms with E-state index in [9.17, 15) is 24.0 Å². The molecule has 1 fully saturated rings. The summed E-state index contributed by atoms with van der Waals surface area (Å²) in [5, 5.41) is 15.4. The number of likely N-dealkylation sites (tertiary alicyclic amines) is 1. The Labute approximate surface area is 355 Å². The topological polar surface area (TPSA) is 223 Å². The second kappa shape index (κ2) is 16.6. The monoisotopic (exact) mass is 840 g/mol. The molecule has 0 saturated carbocycles. The molecule has 2 aromatic carbocycles. The smallest absolute Gasteiger partial charge is 0.276 e. The zero-order chi connectivity index (χ0) is 44.0. The van der Waals surface area contributed by atoms with Gasteiger partial charge in [-0.15, -0.1) is 0 Å². The number of allylic oxidation sites excluding steroid dienone is 2. The fourth-order valence-electron chi connectivity index (χ4n) is 8.24. The second-order valence-electron chi connectivity index (χ2n) is 15.6. The van der Waals surface area contributed by atoms with Crippen LogP contribution in [0, 0.1) is 26.7 Å². The van der Waals surface area contributed by atoms with E-state index in [1.807, 2.05) is 49.0 Å². The predicted octanol–water partition coefficient (Wildman–Crippen LogP) is 5.79. The fraction of sp³-hybridized carbons (Fsp3) is 0.341. The van der Waals surface area contributed by atoms with Gasteiger partial charge in [-0.2, -0.15) is 10.2 Å². The van der Waals surface area contributed by atoms with Crippen LogP contribution < -0.4 is 16.4 Å². The maximum atomic E-state index is 13.8. The zero-order valence-corrected chi connectivity index (χ0v) is 35.5. The number of nitrogens with two attached hydrogens (primary N) is 1. The van der Waals surface area contributed by atoms with Gasteiger partial charge in [0.1, 0.15) is 28.5 Å². The lowest BCUT2D eigenvalue weighted by atomic mass is 9.93. The molecule has 320 valence electrons. The Balaban J connectivity index is 1.16. The summed E-state index contributed by atoms with van der Waals surface area (Å²) >= 11 is 0. The van der Waals surface area contributed by atoms with Crippen molar-refractivity contribution in [1.29, 1.82) is 0 Å². The summed E-state index contributed by atoms with van der Waals surface area (Å²) in [4.78, 5) is 77.2. The van der Waals surface area contributed by atoms with E-state index in [1.165, 1.54) is 0 Å². The first-order valence-electron chi connectivity index (χ1n) is 20.6. The van der Waals surface area contributed by atoms with Crippen molar-refractivity contribution in [3.05, 3.63) is 94.3 Å². The minimum Gasteiger partial charge on any atom is -0.460 e. The molecule has 0 spiro atoms. The number of aromatic nitrogens is 8. The van der Waals surface area contributed by atoms with Crippen molar-refractivity contribution in [2.45, 2.75) is 80.6 Å². The number of benzene rings is 2. The Morgan fingerprint density at radius 3 is 1.95 bits per heavy atom. The molecule has 0 atom stereocenters. The number of anilines is 2. The number of nitrogens with zero attached hydrogens (tertiary/aromatic N) is 9. The molecule has 18 heteroatoms. The van der Waals surface area contributed by atoms with Crippen LogP contribution in [0.4, 0.5) is 11.9 Å². The van der Waals surface area contributed by atoms with Gasteiger partial charge in [-0.1, -0.05) is 12.2 Å². The molecule has 62 heavy (non-hydrogen) atoms. The number of amides is 4. The summed E-state index contributed by atoms with van der Waals surface area (Å²) in [6.07, 6.45) is 5.02. The molecular formula is C44H48N12O6. The molecule has 1 saturated heterocycles. The third-order valence-corrected chi connectivity index (χ3v) is 11.3. The van der Waals surface area contributed by atoms with Gasteiger partial charge in [0.2, 0.25) is 11.9 Å². The maximum absolute atomic E-state index is 13.8. The summed E-state index contributed by atoms with van der Waals surface area (Å²) in [5.74, 6) is -0.495. The van der Waals surface area contributed by atoms with Gasteiger partial charge in [0, 0.05) is 56.1 Å². The number of nitrogens with one attached hydrogen (secondary N) is 2. The van der Waals surface area contributed by atoms with Crippen LogP contribution in [0.25, 0.3) is 33.0 Å². The normalized spacial score (nSPS) is 13.5. The summed E-state index contributed by atoms with van der Waals surface area (Å²) in [5.41, 5.74) is 11.1. The van der Waals surface area contributed by atoms with E-state index >= 15 is 0 Å². The van der Waals surface area contributed by atoms with Crippen molar-refractivity contribution in [3.63, 3.8) is 0 Å². The molecule has 0 bridgehead atoms. The number of ketones is 1. The van der Waals surface area contributed by atoms with Gasteiger partial charge < -0.3 is 24.2 Å². The van der Waals surface area contributed by atoms with E-state index in [0.717, 1.165) is 0 Å². The maximum Gasteiger partial charge on any atom is 0.276 e. The lowest BCUT2D eigenvalue weighted by Crippen LogP contribution is -2.39. The third-order valence-electron chi connectivity index (χ3n) is 11.3. The number of carbonyl (C=O) groups excluding carboxylic acids is 5. The highest BCUT2D eigenvalue weighted by molar-refractivity contribution is 6.14. The second-order valence-corrected chi connectivity index (χ2v) is 15.6. The predicted molar refractivity (Wildman–Crippen MR) is 232 cm³/mol. The van der Waals surface area contributed by atoms with Crippen LogP contribution in [0.2, 0.25) is 0 Å². The van der Waals surface area contributed by atoms with Gasteiger partial charge in [-0.25, -0.2) is 9.97 Å². The number of imidazole rings is 2. The average molecular weight is 841 g/mol. The number of carbonyl (C=O) groups is 5. The van der Waals surface area contributed by atoms with Crippen LogP contribution >= 0.6 is 0 Å². The summed E-state index contributed by atoms with van der Waals surface area (Å²) in [6.45, 7) is 13.2. The first-order valence-corrected chi connectivity index (χ1v) is 20.6. The summed E-state index contributed by atoms with van der Waals surface area (Å²) in [6, 6.07) is 12.0. The van der Waals surface area contributed by atoms with Crippen molar-refractivity contribution in [2.24, 2.45) is 11.7 Å². The Morgan fingerprint density at radius 2 is 1.37 bits per heavy atom. The lowest BCUT2D eigenvalue weighted by Gasteiger charge is -2.31. The molecule has 1 aliphatic rings. The van der Waals surface area contributed by atoms with E-state index in [2.05, 4.69) is 20.8 Å². The van der Waals surface area contributed by atoms with Crippen molar-refractivity contribution >= 4 is 74.3 Å². The molecule has 0 aliphatic carbocycles. The van der Waals surface area contributed by atoms with Gasteiger partial charge in [0.05, 0.1) is 39.0 Å². The van der Waals surface area contributed by atoms with Crippen LogP contribution in [-0.4, -0.2) is 86.1 Å². The molecule has 5 aromatic heterocycles. The van der Waals surface area contributed by atoms with Crippen LogP contribution in [0.1, 0.15) is 92.5 Å². The fourth-order valence-corrected chi connectivity index (χ4v) is 8.24. The minimum absolute atomic E-state index is 0.0428. The molecule has 4 amide bonds. The molecule has 1 aliphatic heterocycles. The van der Waals surface area contributed by atoms with Crippen molar-refractivity contribution in [2.75, 3.05) is 23.7 Å². The van der Waals surface area contributed by atoms with E-state index in [-0.39, 0.29) is 48.2 Å². The Morgan fingerprint density at radius 1 is 0.790 bits per heavy atom. The van der Waals surface area contributed by atoms with Crippen LogP contribution in [-0.2, 0) is 31.0 Å². The van der Waals surface area contributed by atoms with Gasteiger partial charge in [0.15, 0.2) is 0 Å². The quantitative estimate of drug-likeness (QED) is 0.119. The molecule has 4 N–H and O–H groups in total. The number of furan rings is 1. The number of rotatable bonds is 13. The third kappa shape index (κ3) is 7.74. The van der Waals surface area contributed by atoms with Crippen molar-refractivity contribution < 1.29 is 28.4 Å².